The highest BCUT2D eigenvalue weighted by atomic mass is 16.5. The normalized spacial score (nSPS) is 10.7. The fourth-order valence-electron chi connectivity index (χ4n) is 2.54. The minimum atomic E-state index is -0.120. The highest BCUT2D eigenvalue weighted by molar-refractivity contribution is 5.97. The van der Waals surface area contributed by atoms with Crippen LogP contribution >= 0.6 is 0 Å². The molecule has 3 rings (SSSR count). The van der Waals surface area contributed by atoms with Crippen LogP contribution in [0.3, 0.4) is 0 Å². The summed E-state index contributed by atoms with van der Waals surface area (Å²) in [7, 11) is 1.64. The summed E-state index contributed by atoms with van der Waals surface area (Å²) in [5.74, 6) is 0.664. The van der Waals surface area contributed by atoms with Crippen LogP contribution in [0.1, 0.15) is 28.4 Å². The Morgan fingerprint density at radius 2 is 2.13 bits per heavy atom. The lowest BCUT2D eigenvalue weighted by molar-refractivity contribution is 0.0951. The SMILES string of the molecule is CCc1ccc(OC)c(CNC(=O)c2ccc3nc[nH]c3c2)c1. The first kappa shape index (κ1) is 15.1. The van der Waals surface area contributed by atoms with Gasteiger partial charge in [0.1, 0.15) is 5.75 Å². The molecule has 23 heavy (non-hydrogen) atoms. The number of aryl methyl sites for hydroxylation is 1. The van der Waals surface area contributed by atoms with E-state index in [1.165, 1.54) is 5.56 Å². The highest BCUT2D eigenvalue weighted by Crippen LogP contribution is 2.20. The van der Waals surface area contributed by atoms with Crippen LogP contribution in [-0.4, -0.2) is 23.0 Å². The Balaban J connectivity index is 1.75. The zero-order chi connectivity index (χ0) is 16.2. The van der Waals surface area contributed by atoms with Crippen LogP contribution in [0, 0.1) is 0 Å². The van der Waals surface area contributed by atoms with Gasteiger partial charge in [-0.25, -0.2) is 4.98 Å². The highest BCUT2D eigenvalue weighted by Gasteiger charge is 2.09. The first-order valence-corrected chi connectivity index (χ1v) is 7.58. The summed E-state index contributed by atoms with van der Waals surface area (Å²) < 4.78 is 5.37. The summed E-state index contributed by atoms with van der Waals surface area (Å²) in [4.78, 5) is 19.5. The van der Waals surface area contributed by atoms with Crippen LogP contribution in [0.2, 0.25) is 0 Å². The molecule has 0 aliphatic carbocycles. The molecule has 2 aromatic carbocycles. The average Bonchev–Trinajstić information content (AvgIpc) is 3.06. The summed E-state index contributed by atoms with van der Waals surface area (Å²) in [5, 5.41) is 2.94. The van der Waals surface area contributed by atoms with Crippen LogP contribution < -0.4 is 10.1 Å². The van der Waals surface area contributed by atoms with E-state index in [9.17, 15) is 4.79 Å². The fraction of sp³-hybridized carbons (Fsp3) is 0.222. The molecule has 0 unspecified atom stereocenters. The third-order valence-electron chi connectivity index (χ3n) is 3.87. The predicted octanol–water partition coefficient (Wildman–Crippen LogP) is 3.06. The molecule has 1 amide bonds. The molecule has 0 radical (unpaired) electrons. The third-order valence-corrected chi connectivity index (χ3v) is 3.87. The molecule has 5 heteroatoms. The molecule has 0 fully saturated rings. The van der Waals surface area contributed by atoms with Gasteiger partial charge in [0.25, 0.3) is 5.91 Å². The second kappa shape index (κ2) is 6.52. The maximum Gasteiger partial charge on any atom is 0.251 e. The van der Waals surface area contributed by atoms with Crippen molar-refractivity contribution in [2.24, 2.45) is 0 Å². The summed E-state index contributed by atoms with van der Waals surface area (Å²) >= 11 is 0. The van der Waals surface area contributed by atoms with Gasteiger partial charge in [0.05, 0.1) is 24.5 Å². The van der Waals surface area contributed by atoms with Crippen LogP contribution in [-0.2, 0) is 13.0 Å². The number of methoxy groups -OCH3 is 1. The van der Waals surface area contributed by atoms with Crippen molar-refractivity contribution in [3.8, 4) is 5.75 Å². The van der Waals surface area contributed by atoms with E-state index in [1.54, 1.807) is 25.6 Å². The fourth-order valence-corrected chi connectivity index (χ4v) is 2.54. The summed E-state index contributed by atoms with van der Waals surface area (Å²) in [6.45, 7) is 2.53. The van der Waals surface area contributed by atoms with E-state index in [4.69, 9.17) is 4.74 Å². The molecule has 0 spiro atoms. The largest absolute Gasteiger partial charge is 0.496 e. The molecule has 3 aromatic rings. The standard InChI is InChI=1S/C18H19N3O2/c1-3-12-4-7-17(23-2)14(8-12)10-19-18(22)13-5-6-15-16(9-13)21-11-20-15/h4-9,11H,3,10H2,1-2H3,(H,19,22)(H,20,21). The molecule has 2 N–H and O–H groups in total. The van der Waals surface area contributed by atoms with Crippen LogP contribution in [0.25, 0.3) is 11.0 Å². The molecular formula is C18H19N3O2. The quantitative estimate of drug-likeness (QED) is 0.761. The number of nitrogens with zero attached hydrogens (tertiary/aromatic N) is 1. The molecular weight excluding hydrogens is 290 g/mol. The number of aromatic amines is 1. The van der Waals surface area contributed by atoms with Crippen molar-refractivity contribution >= 4 is 16.9 Å². The van der Waals surface area contributed by atoms with E-state index in [0.717, 1.165) is 28.8 Å². The van der Waals surface area contributed by atoms with Gasteiger partial charge in [0.2, 0.25) is 0 Å². The van der Waals surface area contributed by atoms with Gasteiger partial charge >= 0.3 is 0 Å². The van der Waals surface area contributed by atoms with Crippen molar-refractivity contribution in [1.29, 1.82) is 0 Å². The van der Waals surface area contributed by atoms with Gasteiger partial charge in [-0.1, -0.05) is 19.1 Å². The number of rotatable bonds is 5. The van der Waals surface area contributed by atoms with Crippen molar-refractivity contribution in [3.63, 3.8) is 0 Å². The topological polar surface area (TPSA) is 67.0 Å². The van der Waals surface area contributed by atoms with Crippen molar-refractivity contribution in [1.82, 2.24) is 15.3 Å². The number of H-pyrrole nitrogens is 1. The van der Waals surface area contributed by atoms with Gasteiger partial charge in [-0.2, -0.15) is 0 Å². The van der Waals surface area contributed by atoms with E-state index in [2.05, 4.69) is 28.3 Å². The number of benzene rings is 2. The average molecular weight is 309 g/mol. The Hall–Kier alpha value is -2.82. The zero-order valence-electron chi connectivity index (χ0n) is 13.2. The van der Waals surface area contributed by atoms with Crippen LogP contribution in [0.15, 0.2) is 42.7 Å². The number of amides is 1. The predicted molar refractivity (Wildman–Crippen MR) is 89.6 cm³/mol. The third kappa shape index (κ3) is 3.18. The van der Waals surface area contributed by atoms with Crippen LogP contribution in [0.4, 0.5) is 0 Å². The Kier molecular flexibility index (Phi) is 4.28. The van der Waals surface area contributed by atoms with Crippen molar-refractivity contribution < 1.29 is 9.53 Å². The van der Waals surface area contributed by atoms with Gasteiger partial charge in [-0.15, -0.1) is 0 Å². The summed E-state index contributed by atoms with van der Waals surface area (Å²) in [6, 6.07) is 11.5. The number of hydrogen-bond donors (Lipinski definition) is 2. The second-order valence-corrected chi connectivity index (χ2v) is 5.32. The molecule has 118 valence electrons. The second-order valence-electron chi connectivity index (χ2n) is 5.32. The molecule has 0 saturated heterocycles. The lowest BCUT2D eigenvalue weighted by atomic mass is 10.1. The van der Waals surface area contributed by atoms with E-state index < -0.39 is 0 Å². The zero-order valence-corrected chi connectivity index (χ0v) is 13.2. The van der Waals surface area contributed by atoms with E-state index in [1.807, 2.05) is 18.2 Å². The van der Waals surface area contributed by atoms with Gasteiger partial charge in [0, 0.05) is 17.7 Å². The van der Waals surface area contributed by atoms with E-state index in [-0.39, 0.29) is 5.91 Å². The van der Waals surface area contributed by atoms with Gasteiger partial charge < -0.3 is 15.0 Å². The Morgan fingerprint density at radius 3 is 2.91 bits per heavy atom. The number of imidazole rings is 1. The number of carbonyl (C=O) groups excluding carboxylic acids is 1. The number of fused-ring (bicyclic) bond motifs is 1. The molecule has 1 aromatic heterocycles. The lowest BCUT2D eigenvalue weighted by Crippen LogP contribution is -2.23. The van der Waals surface area contributed by atoms with Crippen molar-refractivity contribution in [2.75, 3.05) is 7.11 Å². The van der Waals surface area contributed by atoms with Gasteiger partial charge in [0.15, 0.2) is 0 Å². The Morgan fingerprint density at radius 1 is 1.26 bits per heavy atom. The number of ether oxygens (including phenoxy) is 1. The maximum absolute atomic E-state index is 12.4. The maximum atomic E-state index is 12.4. The van der Waals surface area contributed by atoms with Crippen molar-refractivity contribution in [3.05, 3.63) is 59.4 Å². The minimum absolute atomic E-state index is 0.120. The van der Waals surface area contributed by atoms with E-state index >= 15 is 0 Å². The number of hydrogen-bond acceptors (Lipinski definition) is 3. The van der Waals surface area contributed by atoms with Crippen LogP contribution in [0.5, 0.6) is 5.75 Å². The molecule has 0 saturated carbocycles. The van der Waals surface area contributed by atoms with Gasteiger partial charge in [-0.3, -0.25) is 4.79 Å². The molecule has 0 aliphatic rings. The number of aromatic nitrogens is 2. The van der Waals surface area contributed by atoms with Crippen molar-refractivity contribution in [2.45, 2.75) is 19.9 Å². The Bertz CT molecular complexity index is 839. The molecule has 1 heterocycles. The summed E-state index contributed by atoms with van der Waals surface area (Å²) in [6.07, 6.45) is 2.56. The monoisotopic (exact) mass is 309 g/mol. The lowest BCUT2D eigenvalue weighted by Gasteiger charge is -2.11. The number of carbonyl (C=O) groups is 1. The molecule has 0 bridgehead atoms. The minimum Gasteiger partial charge on any atom is -0.496 e. The van der Waals surface area contributed by atoms with E-state index in [0.29, 0.717) is 12.1 Å². The molecule has 0 aliphatic heterocycles. The first-order chi connectivity index (χ1) is 11.2. The smallest absolute Gasteiger partial charge is 0.251 e. The number of nitrogens with one attached hydrogen (secondary N) is 2. The first-order valence-electron chi connectivity index (χ1n) is 7.58. The van der Waals surface area contributed by atoms with Gasteiger partial charge in [-0.05, 0) is 36.2 Å². The molecule has 5 nitrogen and oxygen atoms in total. The summed E-state index contributed by atoms with van der Waals surface area (Å²) in [5.41, 5.74) is 4.49. The molecule has 0 atom stereocenters. The Labute approximate surface area is 134 Å².